The van der Waals surface area contributed by atoms with Crippen LogP contribution in [0, 0.1) is 0 Å². The topological polar surface area (TPSA) is 53.5 Å². The van der Waals surface area contributed by atoms with E-state index in [9.17, 15) is 0 Å². The second kappa shape index (κ2) is 8.20. The van der Waals surface area contributed by atoms with Gasteiger partial charge in [-0.1, -0.05) is 23.7 Å². The summed E-state index contributed by atoms with van der Waals surface area (Å²) in [6.45, 7) is 6.18. The summed E-state index contributed by atoms with van der Waals surface area (Å²) in [6, 6.07) is 10.5. The van der Waals surface area contributed by atoms with Gasteiger partial charge in [0, 0.05) is 50.0 Å². The number of rotatable bonds is 5. The van der Waals surface area contributed by atoms with Crippen LogP contribution in [0.1, 0.15) is 12.0 Å². The van der Waals surface area contributed by atoms with Gasteiger partial charge in [0.05, 0.1) is 13.2 Å². The van der Waals surface area contributed by atoms with Crippen LogP contribution >= 0.6 is 11.6 Å². The number of benzene rings is 1. The Kier molecular flexibility index (Phi) is 5.53. The Morgan fingerprint density at radius 3 is 2.92 bits per heavy atom. The number of hydrogen-bond donors (Lipinski definition) is 1. The third-order valence-corrected chi connectivity index (χ3v) is 5.09. The predicted molar refractivity (Wildman–Crippen MR) is 104 cm³/mol. The molecule has 2 fully saturated rings. The standard InChI is InChI=1S/C19H24ClN5O/c20-16-3-1-2-15(12-16)13-24-7-5-17(14-24)22-18-4-6-21-19(23-18)25-8-10-26-11-9-25/h1-4,6,12,17H,5,7-11,13-14H2,(H,21,22,23). The molecule has 0 saturated carbocycles. The molecule has 3 heterocycles. The van der Waals surface area contributed by atoms with Crippen molar-refractivity contribution >= 4 is 23.4 Å². The van der Waals surface area contributed by atoms with Crippen molar-refractivity contribution in [3.63, 3.8) is 0 Å². The number of likely N-dealkylation sites (tertiary alicyclic amines) is 1. The number of nitrogens with zero attached hydrogens (tertiary/aromatic N) is 4. The first-order valence-corrected chi connectivity index (χ1v) is 9.53. The van der Waals surface area contributed by atoms with E-state index in [1.54, 1.807) is 0 Å². The normalized spacial score (nSPS) is 21.1. The van der Waals surface area contributed by atoms with Gasteiger partial charge in [-0.2, -0.15) is 4.98 Å². The van der Waals surface area contributed by atoms with Gasteiger partial charge in [0.2, 0.25) is 5.95 Å². The molecule has 0 radical (unpaired) electrons. The highest BCUT2D eigenvalue weighted by Gasteiger charge is 2.23. The Balaban J connectivity index is 1.33. The van der Waals surface area contributed by atoms with Crippen molar-refractivity contribution in [1.82, 2.24) is 14.9 Å². The van der Waals surface area contributed by atoms with Gasteiger partial charge >= 0.3 is 0 Å². The van der Waals surface area contributed by atoms with Gasteiger partial charge < -0.3 is 15.0 Å². The lowest BCUT2D eigenvalue weighted by Gasteiger charge is -2.27. The first-order valence-electron chi connectivity index (χ1n) is 9.15. The van der Waals surface area contributed by atoms with E-state index in [1.165, 1.54) is 5.56 Å². The number of ether oxygens (including phenoxy) is 1. The fourth-order valence-corrected chi connectivity index (χ4v) is 3.75. The molecule has 1 atom stereocenters. The minimum Gasteiger partial charge on any atom is -0.378 e. The number of aromatic nitrogens is 2. The lowest BCUT2D eigenvalue weighted by molar-refractivity contribution is 0.122. The van der Waals surface area contributed by atoms with Gasteiger partial charge in [0.25, 0.3) is 0 Å². The lowest BCUT2D eigenvalue weighted by atomic mass is 10.2. The van der Waals surface area contributed by atoms with Gasteiger partial charge in [-0.05, 0) is 30.2 Å². The van der Waals surface area contributed by atoms with Crippen LogP contribution < -0.4 is 10.2 Å². The average molecular weight is 374 g/mol. The maximum absolute atomic E-state index is 6.09. The third-order valence-electron chi connectivity index (χ3n) is 4.86. The number of nitrogens with one attached hydrogen (secondary N) is 1. The van der Waals surface area contributed by atoms with Crippen LogP contribution in [-0.2, 0) is 11.3 Å². The molecule has 2 saturated heterocycles. The maximum Gasteiger partial charge on any atom is 0.227 e. The molecule has 4 rings (SSSR count). The van der Waals surface area contributed by atoms with E-state index in [-0.39, 0.29) is 0 Å². The Bertz CT molecular complexity index is 737. The van der Waals surface area contributed by atoms with Crippen LogP contribution in [0.4, 0.5) is 11.8 Å². The summed E-state index contributed by atoms with van der Waals surface area (Å²) in [5.41, 5.74) is 1.26. The second-order valence-corrected chi connectivity index (χ2v) is 7.27. The lowest BCUT2D eigenvalue weighted by Crippen LogP contribution is -2.37. The summed E-state index contributed by atoms with van der Waals surface area (Å²) in [6.07, 6.45) is 2.94. The van der Waals surface area contributed by atoms with Crippen LogP contribution in [0.2, 0.25) is 5.02 Å². The monoisotopic (exact) mass is 373 g/mol. The molecular weight excluding hydrogens is 350 g/mol. The molecule has 2 aliphatic rings. The highest BCUT2D eigenvalue weighted by molar-refractivity contribution is 6.30. The zero-order valence-corrected chi connectivity index (χ0v) is 15.5. The van der Waals surface area contributed by atoms with Crippen LogP contribution in [0.3, 0.4) is 0 Å². The number of halogens is 1. The zero-order valence-electron chi connectivity index (χ0n) is 14.8. The van der Waals surface area contributed by atoms with E-state index < -0.39 is 0 Å². The van der Waals surface area contributed by atoms with Crippen LogP contribution in [0.25, 0.3) is 0 Å². The summed E-state index contributed by atoms with van der Waals surface area (Å²) >= 11 is 6.09. The van der Waals surface area contributed by atoms with E-state index in [1.807, 2.05) is 30.5 Å². The van der Waals surface area contributed by atoms with Crippen molar-refractivity contribution in [3.05, 3.63) is 47.1 Å². The molecular formula is C19H24ClN5O. The molecule has 0 aliphatic carbocycles. The van der Waals surface area contributed by atoms with Crippen LogP contribution in [0.5, 0.6) is 0 Å². The van der Waals surface area contributed by atoms with E-state index in [0.717, 1.165) is 69.1 Å². The van der Waals surface area contributed by atoms with E-state index >= 15 is 0 Å². The molecule has 2 aliphatic heterocycles. The van der Waals surface area contributed by atoms with E-state index in [2.05, 4.69) is 26.2 Å². The van der Waals surface area contributed by atoms with Crippen LogP contribution in [-0.4, -0.2) is 60.3 Å². The van der Waals surface area contributed by atoms with Crippen molar-refractivity contribution in [2.75, 3.05) is 49.6 Å². The van der Waals surface area contributed by atoms with E-state index in [0.29, 0.717) is 6.04 Å². The van der Waals surface area contributed by atoms with Gasteiger partial charge in [-0.25, -0.2) is 4.98 Å². The Labute approximate surface area is 159 Å². The molecule has 0 bridgehead atoms. The Morgan fingerprint density at radius 2 is 2.08 bits per heavy atom. The highest BCUT2D eigenvalue weighted by Crippen LogP contribution is 2.20. The molecule has 0 spiro atoms. The Morgan fingerprint density at radius 1 is 1.19 bits per heavy atom. The molecule has 1 aromatic heterocycles. The largest absolute Gasteiger partial charge is 0.378 e. The van der Waals surface area contributed by atoms with Crippen molar-refractivity contribution in [3.8, 4) is 0 Å². The summed E-state index contributed by atoms with van der Waals surface area (Å²) in [5.74, 6) is 1.68. The van der Waals surface area contributed by atoms with Crippen molar-refractivity contribution in [2.24, 2.45) is 0 Å². The molecule has 6 nitrogen and oxygen atoms in total. The van der Waals surface area contributed by atoms with Gasteiger partial charge in [-0.15, -0.1) is 0 Å². The summed E-state index contributed by atoms with van der Waals surface area (Å²) < 4.78 is 5.40. The molecule has 1 N–H and O–H groups in total. The highest BCUT2D eigenvalue weighted by atomic mass is 35.5. The van der Waals surface area contributed by atoms with Crippen molar-refractivity contribution < 1.29 is 4.74 Å². The third kappa shape index (κ3) is 4.44. The van der Waals surface area contributed by atoms with Crippen LogP contribution in [0.15, 0.2) is 36.5 Å². The molecule has 1 aromatic carbocycles. The maximum atomic E-state index is 6.09. The molecule has 26 heavy (non-hydrogen) atoms. The van der Waals surface area contributed by atoms with Gasteiger partial charge in [0.1, 0.15) is 5.82 Å². The summed E-state index contributed by atoms with van der Waals surface area (Å²) in [7, 11) is 0. The van der Waals surface area contributed by atoms with Gasteiger partial charge in [0.15, 0.2) is 0 Å². The number of hydrogen-bond acceptors (Lipinski definition) is 6. The SMILES string of the molecule is Clc1cccc(CN2CCC(Nc3ccnc(N4CCOCC4)n3)C2)c1. The molecule has 138 valence electrons. The Hall–Kier alpha value is -1.89. The molecule has 0 amide bonds. The zero-order chi connectivity index (χ0) is 17.8. The summed E-state index contributed by atoms with van der Waals surface area (Å²) in [5, 5.41) is 4.37. The quantitative estimate of drug-likeness (QED) is 0.869. The minimum atomic E-state index is 0.404. The smallest absolute Gasteiger partial charge is 0.227 e. The molecule has 7 heteroatoms. The minimum absolute atomic E-state index is 0.404. The fourth-order valence-electron chi connectivity index (χ4n) is 3.54. The van der Waals surface area contributed by atoms with Gasteiger partial charge in [-0.3, -0.25) is 4.90 Å². The van der Waals surface area contributed by atoms with E-state index in [4.69, 9.17) is 21.3 Å². The van der Waals surface area contributed by atoms with Crippen molar-refractivity contribution in [1.29, 1.82) is 0 Å². The first-order chi connectivity index (χ1) is 12.8. The van der Waals surface area contributed by atoms with Crippen molar-refractivity contribution in [2.45, 2.75) is 19.0 Å². The molecule has 2 aromatic rings. The average Bonchev–Trinajstić information content (AvgIpc) is 3.09. The summed E-state index contributed by atoms with van der Waals surface area (Å²) in [4.78, 5) is 13.7. The fraction of sp³-hybridized carbons (Fsp3) is 0.474. The molecule has 1 unspecified atom stereocenters. The predicted octanol–water partition coefficient (Wildman–Crippen LogP) is 2.65. The first kappa shape index (κ1) is 17.5. The second-order valence-electron chi connectivity index (χ2n) is 6.84. The number of morpholine rings is 1. The number of anilines is 2.